The highest BCUT2D eigenvalue weighted by molar-refractivity contribution is 6.21. The fraction of sp³-hybridized carbons (Fsp3) is 0.308. The van der Waals surface area contributed by atoms with E-state index in [0.29, 0.717) is 60.3 Å². The lowest BCUT2D eigenvalue weighted by Crippen LogP contribution is -2.30. The van der Waals surface area contributed by atoms with E-state index >= 15 is 0 Å². The van der Waals surface area contributed by atoms with Crippen LogP contribution < -0.4 is 5.32 Å². The second-order valence-corrected chi connectivity index (χ2v) is 8.46. The van der Waals surface area contributed by atoms with E-state index in [1.807, 2.05) is 13.8 Å². The number of rotatable bonds is 9. The number of anilines is 1. The van der Waals surface area contributed by atoms with Crippen LogP contribution in [0.1, 0.15) is 63.4 Å². The zero-order valence-corrected chi connectivity index (χ0v) is 19.3. The lowest BCUT2D eigenvalue weighted by molar-refractivity contribution is -0.116. The summed E-state index contributed by atoms with van der Waals surface area (Å²) >= 11 is 0. The number of aromatic nitrogens is 2. The first-order chi connectivity index (χ1) is 16.4. The van der Waals surface area contributed by atoms with Crippen molar-refractivity contribution < 1.29 is 18.8 Å². The molecule has 0 aliphatic carbocycles. The van der Waals surface area contributed by atoms with Gasteiger partial charge in [-0.3, -0.25) is 24.0 Å². The molecule has 1 aliphatic rings. The number of carbonyl (C=O) groups excluding carboxylic acids is 3. The summed E-state index contributed by atoms with van der Waals surface area (Å²) < 4.78 is 15.7. The molecule has 0 unspecified atom stereocenters. The van der Waals surface area contributed by atoms with Crippen LogP contribution in [-0.4, -0.2) is 38.9 Å². The predicted molar refractivity (Wildman–Crippen MR) is 126 cm³/mol. The van der Waals surface area contributed by atoms with Crippen molar-refractivity contribution in [1.29, 1.82) is 0 Å². The van der Waals surface area contributed by atoms with Gasteiger partial charge in [0, 0.05) is 18.5 Å². The molecule has 0 saturated carbocycles. The van der Waals surface area contributed by atoms with Gasteiger partial charge in [0.2, 0.25) is 5.91 Å². The highest BCUT2D eigenvalue weighted by Gasteiger charge is 2.34. The van der Waals surface area contributed by atoms with Crippen molar-refractivity contribution in [2.24, 2.45) is 0 Å². The van der Waals surface area contributed by atoms with Gasteiger partial charge in [0.15, 0.2) is 0 Å². The summed E-state index contributed by atoms with van der Waals surface area (Å²) in [5.74, 6) is -0.924. The first-order valence-electron chi connectivity index (χ1n) is 11.4. The average Bonchev–Trinajstić information content (AvgIpc) is 3.22. The van der Waals surface area contributed by atoms with Crippen molar-refractivity contribution >= 4 is 23.4 Å². The lowest BCUT2D eigenvalue weighted by atomic mass is 10.1. The third-order valence-electron chi connectivity index (χ3n) is 6.09. The molecule has 3 amide bonds. The van der Waals surface area contributed by atoms with Gasteiger partial charge in [0.1, 0.15) is 5.82 Å². The number of benzene rings is 2. The topological polar surface area (TPSA) is 84.3 Å². The van der Waals surface area contributed by atoms with E-state index in [9.17, 15) is 18.8 Å². The van der Waals surface area contributed by atoms with Gasteiger partial charge in [-0.25, -0.2) is 4.39 Å². The van der Waals surface area contributed by atoms with E-state index in [2.05, 4.69) is 10.4 Å². The highest BCUT2D eigenvalue weighted by Crippen LogP contribution is 2.24. The monoisotopic (exact) mass is 462 g/mol. The van der Waals surface area contributed by atoms with Crippen molar-refractivity contribution in [3.05, 3.63) is 82.4 Å². The first kappa shape index (κ1) is 23.4. The minimum absolute atomic E-state index is 0.127. The smallest absolute Gasteiger partial charge is 0.261 e. The molecule has 2 aromatic carbocycles. The van der Waals surface area contributed by atoms with Gasteiger partial charge in [0.05, 0.1) is 34.7 Å². The van der Waals surface area contributed by atoms with E-state index in [0.717, 1.165) is 5.69 Å². The van der Waals surface area contributed by atoms with Crippen LogP contribution in [0.2, 0.25) is 0 Å². The number of nitrogens with one attached hydrogen (secondary N) is 1. The number of fused-ring (bicyclic) bond motifs is 1. The second kappa shape index (κ2) is 9.99. The number of carbonyl (C=O) groups is 3. The minimum atomic E-state index is -0.290. The fourth-order valence-electron chi connectivity index (χ4n) is 4.20. The summed E-state index contributed by atoms with van der Waals surface area (Å²) in [7, 11) is 0. The van der Waals surface area contributed by atoms with Gasteiger partial charge in [-0.2, -0.15) is 5.10 Å². The molecule has 3 aromatic rings. The Balaban J connectivity index is 1.24. The molecule has 7 nitrogen and oxygen atoms in total. The molecule has 0 fully saturated rings. The van der Waals surface area contributed by atoms with E-state index in [4.69, 9.17) is 0 Å². The Labute approximate surface area is 197 Å². The number of hydrogen-bond donors (Lipinski definition) is 1. The van der Waals surface area contributed by atoms with Crippen LogP contribution in [0.3, 0.4) is 0 Å². The van der Waals surface area contributed by atoms with Crippen LogP contribution in [0, 0.1) is 19.7 Å². The molecule has 1 N–H and O–H groups in total. The van der Waals surface area contributed by atoms with Gasteiger partial charge >= 0.3 is 0 Å². The number of aryl methyl sites for hydroxylation is 1. The van der Waals surface area contributed by atoms with Crippen LogP contribution in [0.4, 0.5) is 10.1 Å². The molecular formula is C26H27FN4O3. The Morgan fingerprint density at radius 1 is 0.941 bits per heavy atom. The minimum Gasteiger partial charge on any atom is -0.323 e. The van der Waals surface area contributed by atoms with Crippen molar-refractivity contribution in [2.75, 3.05) is 11.9 Å². The van der Waals surface area contributed by atoms with E-state index in [1.165, 1.54) is 11.0 Å². The molecule has 1 aromatic heterocycles. The summed E-state index contributed by atoms with van der Waals surface area (Å²) in [5, 5.41) is 7.37. The molecular weight excluding hydrogens is 435 g/mol. The molecule has 0 atom stereocenters. The number of imide groups is 1. The number of amides is 3. The van der Waals surface area contributed by atoms with E-state index in [1.54, 1.807) is 47.1 Å². The van der Waals surface area contributed by atoms with Gasteiger partial charge in [-0.05, 0) is 44.9 Å². The summed E-state index contributed by atoms with van der Waals surface area (Å²) in [5.41, 5.74) is 3.52. The second-order valence-electron chi connectivity index (χ2n) is 8.46. The number of unbranched alkanes of at least 4 members (excludes halogenated alkanes) is 2. The summed E-state index contributed by atoms with van der Waals surface area (Å²) in [6.07, 6.45) is 2.30. The van der Waals surface area contributed by atoms with Gasteiger partial charge < -0.3 is 5.32 Å². The third kappa shape index (κ3) is 4.76. The van der Waals surface area contributed by atoms with Crippen molar-refractivity contribution in [2.45, 2.75) is 46.1 Å². The maximum absolute atomic E-state index is 14.0. The fourth-order valence-corrected chi connectivity index (χ4v) is 4.20. The van der Waals surface area contributed by atoms with E-state index < -0.39 is 0 Å². The maximum Gasteiger partial charge on any atom is 0.261 e. The maximum atomic E-state index is 14.0. The molecule has 8 heteroatoms. The zero-order valence-electron chi connectivity index (χ0n) is 19.3. The Morgan fingerprint density at radius 3 is 2.26 bits per heavy atom. The van der Waals surface area contributed by atoms with Gasteiger partial charge in [-0.15, -0.1) is 0 Å². The number of hydrogen-bond acceptors (Lipinski definition) is 4. The summed E-state index contributed by atoms with van der Waals surface area (Å²) in [6, 6.07) is 13.4. The molecule has 0 bridgehead atoms. The first-order valence-corrected chi connectivity index (χ1v) is 11.4. The molecule has 0 spiro atoms. The van der Waals surface area contributed by atoms with Crippen molar-refractivity contribution in [3.8, 4) is 0 Å². The SMILES string of the molecule is Cc1nn(Cc2ccccc2F)c(C)c1NC(=O)CCCCCN1C(=O)c2ccccc2C1=O. The Bertz CT molecular complexity index is 1220. The Morgan fingerprint density at radius 2 is 1.59 bits per heavy atom. The van der Waals surface area contributed by atoms with Crippen LogP contribution in [0.15, 0.2) is 48.5 Å². The summed E-state index contributed by atoms with van der Waals surface area (Å²) in [6.45, 7) is 4.28. The highest BCUT2D eigenvalue weighted by atomic mass is 19.1. The average molecular weight is 463 g/mol. The van der Waals surface area contributed by atoms with Crippen molar-refractivity contribution in [3.63, 3.8) is 0 Å². The van der Waals surface area contributed by atoms with Gasteiger partial charge in [0.25, 0.3) is 11.8 Å². The Hall–Kier alpha value is -3.81. The molecule has 4 rings (SSSR count). The predicted octanol–water partition coefficient (Wildman–Crippen LogP) is 4.48. The van der Waals surface area contributed by atoms with Gasteiger partial charge in [-0.1, -0.05) is 36.8 Å². The molecule has 2 heterocycles. The molecule has 34 heavy (non-hydrogen) atoms. The molecule has 0 radical (unpaired) electrons. The molecule has 0 saturated heterocycles. The number of nitrogens with zero attached hydrogens (tertiary/aromatic N) is 3. The molecule has 1 aliphatic heterocycles. The molecule has 176 valence electrons. The zero-order chi connectivity index (χ0) is 24.2. The van der Waals surface area contributed by atoms with Crippen LogP contribution in [-0.2, 0) is 11.3 Å². The van der Waals surface area contributed by atoms with Crippen molar-refractivity contribution in [1.82, 2.24) is 14.7 Å². The summed E-state index contributed by atoms with van der Waals surface area (Å²) in [4.78, 5) is 38.6. The quantitative estimate of drug-likeness (QED) is 0.375. The number of halogens is 1. The van der Waals surface area contributed by atoms with Crippen LogP contribution in [0.5, 0.6) is 0 Å². The Kier molecular flexibility index (Phi) is 6.86. The van der Waals surface area contributed by atoms with E-state index in [-0.39, 0.29) is 30.1 Å². The largest absolute Gasteiger partial charge is 0.323 e. The standard InChI is InChI=1S/C26H27FN4O3/c1-17-24(18(2)31(29-17)16-19-10-5-8-13-22(19)27)28-23(32)14-4-3-9-15-30-25(33)20-11-6-7-12-21(20)26(30)34/h5-8,10-13H,3-4,9,14-16H2,1-2H3,(H,28,32). The van der Waals surface area contributed by atoms with Crippen LogP contribution in [0.25, 0.3) is 0 Å². The lowest BCUT2D eigenvalue weighted by Gasteiger charge is -2.13. The van der Waals surface area contributed by atoms with Crippen LogP contribution >= 0.6 is 0 Å². The normalized spacial score (nSPS) is 12.9. The third-order valence-corrected chi connectivity index (χ3v) is 6.09.